The number of nitrogens with zero attached hydrogens (tertiary/aromatic N) is 7. The zero-order valence-corrected chi connectivity index (χ0v) is 16.7. The number of hydrogen-bond acceptors (Lipinski definition) is 10. The van der Waals surface area contributed by atoms with E-state index in [1.54, 1.807) is 11.3 Å². The highest BCUT2D eigenvalue weighted by molar-refractivity contribution is 7.12. The van der Waals surface area contributed by atoms with Gasteiger partial charge in [-0.3, -0.25) is 9.69 Å². The first-order valence-corrected chi connectivity index (χ1v) is 10.2. The summed E-state index contributed by atoms with van der Waals surface area (Å²) < 4.78 is 5.91. The van der Waals surface area contributed by atoms with Crippen LogP contribution in [0.25, 0.3) is 5.82 Å². The first-order valence-electron chi connectivity index (χ1n) is 9.27. The molecule has 0 radical (unpaired) electrons. The van der Waals surface area contributed by atoms with E-state index in [0.717, 1.165) is 30.8 Å². The number of amides is 1. The van der Waals surface area contributed by atoms with E-state index < -0.39 is 5.91 Å². The Bertz CT molecular complexity index is 1000. The summed E-state index contributed by atoms with van der Waals surface area (Å²) in [4.78, 5) is 16.2. The highest BCUT2D eigenvalue weighted by Gasteiger charge is 2.26. The van der Waals surface area contributed by atoms with Crippen LogP contribution in [-0.4, -0.2) is 54.9 Å². The van der Waals surface area contributed by atoms with Gasteiger partial charge in [0.2, 0.25) is 11.6 Å². The van der Waals surface area contributed by atoms with Crippen LogP contribution in [0.3, 0.4) is 0 Å². The number of carbonyl (C=O) groups excluding carboxylic acids is 1. The van der Waals surface area contributed by atoms with E-state index in [0.29, 0.717) is 18.0 Å². The molecule has 11 nitrogen and oxygen atoms in total. The maximum absolute atomic E-state index is 13.0. The van der Waals surface area contributed by atoms with Crippen LogP contribution < -0.4 is 11.2 Å². The molecule has 0 aromatic carbocycles. The molecule has 3 aromatic rings. The Morgan fingerprint density at radius 3 is 2.86 bits per heavy atom. The van der Waals surface area contributed by atoms with E-state index in [1.807, 2.05) is 24.4 Å². The highest BCUT2D eigenvalue weighted by Crippen LogP contribution is 2.19. The number of thiophene rings is 1. The van der Waals surface area contributed by atoms with Crippen molar-refractivity contribution in [2.24, 2.45) is 5.10 Å². The maximum atomic E-state index is 13.0. The molecule has 0 spiro atoms. The number of nitrogens with two attached hydrogens (primary N) is 1. The molecule has 0 atom stereocenters. The van der Waals surface area contributed by atoms with Crippen LogP contribution in [-0.2, 0) is 6.54 Å². The van der Waals surface area contributed by atoms with Crippen LogP contribution in [0.4, 0.5) is 5.82 Å². The second-order valence-corrected chi connectivity index (χ2v) is 7.67. The molecule has 152 valence electrons. The lowest BCUT2D eigenvalue weighted by Gasteiger charge is -2.25. The van der Waals surface area contributed by atoms with E-state index in [4.69, 9.17) is 5.73 Å². The normalized spacial score (nSPS) is 15.6. The minimum absolute atomic E-state index is 0.0201. The van der Waals surface area contributed by atoms with E-state index >= 15 is 0 Å². The first-order chi connectivity index (χ1) is 14.1. The standard InChI is InChI=1S/C17H21N9O2S/c1-11(13-6-5-9-29-13)19-21-17(27)14-12(10-25-7-3-2-4-8-25)20-24-26(14)16-15(18)22-28-23-16/h5-6,9H,2-4,7-8,10H2,1H3,(H2,18,22)(H,21,27)/b19-11+. The summed E-state index contributed by atoms with van der Waals surface area (Å²) in [5.74, 6) is -0.321. The van der Waals surface area contributed by atoms with Crippen LogP contribution in [0.5, 0.6) is 0 Å². The number of rotatable bonds is 6. The van der Waals surface area contributed by atoms with Crippen molar-refractivity contribution in [1.82, 2.24) is 35.6 Å². The number of nitrogens with one attached hydrogen (secondary N) is 1. The third-order valence-electron chi connectivity index (χ3n) is 4.68. The Morgan fingerprint density at radius 1 is 1.34 bits per heavy atom. The minimum Gasteiger partial charge on any atom is -0.378 e. The van der Waals surface area contributed by atoms with Gasteiger partial charge in [-0.2, -0.15) is 9.78 Å². The Labute approximate surface area is 170 Å². The topological polar surface area (TPSA) is 140 Å². The molecule has 3 N–H and O–H groups in total. The average Bonchev–Trinajstić information content (AvgIpc) is 3.47. The van der Waals surface area contributed by atoms with Crippen molar-refractivity contribution < 1.29 is 9.42 Å². The van der Waals surface area contributed by atoms with E-state index in [9.17, 15) is 4.79 Å². The van der Waals surface area contributed by atoms with Crippen molar-refractivity contribution in [3.8, 4) is 5.82 Å². The molecule has 1 fully saturated rings. The summed E-state index contributed by atoms with van der Waals surface area (Å²) in [7, 11) is 0. The van der Waals surface area contributed by atoms with Gasteiger partial charge in [0.15, 0.2) is 5.69 Å². The van der Waals surface area contributed by atoms with Gasteiger partial charge in [-0.1, -0.05) is 17.7 Å². The second-order valence-electron chi connectivity index (χ2n) is 6.72. The molecule has 1 aliphatic heterocycles. The Morgan fingerprint density at radius 2 is 2.17 bits per heavy atom. The van der Waals surface area contributed by atoms with Crippen LogP contribution in [0, 0.1) is 0 Å². The molecule has 12 heteroatoms. The molecule has 1 amide bonds. The predicted molar refractivity (Wildman–Crippen MR) is 107 cm³/mol. The van der Waals surface area contributed by atoms with E-state index in [-0.39, 0.29) is 17.3 Å². The van der Waals surface area contributed by atoms with Crippen LogP contribution >= 0.6 is 11.3 Å². The molecule has 0 unspecified atom stereocenters. The van der Waals surface area contributed by atoms with Gasteiger partial charge in [-0.15, -0.1) is 16.4 Å². The summed E-state index contributed by atoms with van der Waals surface area (Å²) in [6, 6.07) is 3.86. The maximum Gasteiger partial charge on any atom is 0.292 e. The summed E-state index contributed by atoms with van der Waals surface area (Å²) in [5, 5.41) is 21.7. The molecule has 1 aliphatic rings. The fraction of sp³-hybridized carbons (Fsp3) is 0.412. The van der Waals surface area contributed by atoms with Gasteiger partial charge >= 0.3 is 0 Å². The second kappa shape index (κ2) is 8.49. The third kappa shape index (κ3) is 4.17. The monoisotopic (exact) mass is 415 g/mol. The highest BCUT2D eigenvalue weighted by atomic mass is 32.1. The quantitative estimate of drug-likeness (QED) is 0.455. The Hall–Kier alpha value is -3.12. The fourth-order valence-electron chi connectivity index (χ4n) is 3.19. The lowest BCUT2D eigenvalue weighted by atomic mass is 10.1. The summed E-state index contributed by atoms with van der Waals surface area (Å²) in [5.41, 5.74) is 9.82. The molecule has 0 saturated carbocycles. The molecule has 4 heterocycles. The van der Waals surface area contributed by atoms with Gasteiger partial charge in [-0.25, -0.2) is 10.1 Å². The molecule has 3 aromatic heterocycles. The van der Waals surface area contributed by atoms with Crippen molar-refractivity contribution in [2.75, 3.05) is 18.8 Å². The molecule has 0 bridgehead atoms. The van der Waals surface area contributed by atoms with Gasteiger partial charge in [0.05, 0.1) is 5.71 Å². The summed E-state index contributed by atoms with van der Waals surface area (Å²) in [6.45, 7) is 4.24. The lowest BCUT2D eigenvalue weighted by Crippen LogP contribution is -2.31. The molecular weight excluding hydrogens is 394 g/mol. The van der Waals surface area contributed by atoms with Crippen molar-refractivity contribution in [3.63, 3.8) is 0 Å². The van der Waals surface area contributed by atoms with Crippen molar-refractivity contribution in [2.45, 2.75) is 32.7 Å². The molecule has 1 saturated heterocycles. The van der Waals surface area contributed by atoms with E-state index in [2.05, 4.69) is 40.7 Å². The molecular formula is C17H21N9O2S. The number of carbonyl (C=O) groups is 1. The van der Waals surface area contributed by atoms with Crippen LogP contribution in [0.15, 0.2) is 27.2 Å². The van der Waals surface area contributed by atoms with E-state index in [1.165, 1.54) is 11.1 Å². The molecule has 4 rings (SSSR count). The Kier molecular flexibility index (Phi) is 5.62. The molecule has 0 aliphatic carbocycles. The van der Waals surface area contributed by atoms with Gasteiger partial charge in [0.25, 0.3) is 5.91 Å². The van der Waals surface area contributed by atoms with Crippen LogP contribution in [0.2, 0.25) is 0 Å². The van der Waals surface area contributed by atoms with Crippen molar-refractivity contribution in [3.05, 3.63) is 33.8 Å². The van der Waals surface area contributed by atoms with Crippen molar-refractivity contribution >= 4 is 28.8 Å². The SMILES string of the molecule is C/C(=N\NC(=O)c1c(CN2CCCCC2)nnn1-c1nonc1N)c1cccs1. The number of likely N-dealkylation sites (tertiary alicyclic amines) is 1. The smallest absolute Gasteiger partial charge is 0.292 e. The number of hydrazone groups is 1. The summed E-state index contributed by atoms with van der Waals surface area (Å²) in [6.07, 6.45) is 3.47. The third-order valence-corrected chi connectivity index (χ3v) is 5.65. The van der Waals surface area contributed by atoms with Crippen LogP contribution in [0.1, 0.15) is 47.2 Å². The lowest BCUT2D eigenvalue weighted by molar-refractivity contribution is 0.0944. The molecule has 29 heavy (non-hydrogen) atoms. The number of hydrogen-bond donors (Lipinski definition) is 2. The predicted octanol–water partition coefficient (Wildman–Crippen LogP) is 1.43. The zero-order valence-electron chi connectivity index (χ0n) is 15.9. The number of nitrogen functional groups attached to an aromatic ring is 1. The average molecular weight is 415 g/mol. The zero-order chi connectivity index (χ0) is 20.2. The van der Waals surface area contributed by atoms with Gasteiger partial charge in [-0.05, 0) is 54.6 Å². The summed E-state index contributed by atoms with van der Waals surface area (Å²) >= 11 is 1.54. The van der Waals surface area contributed by atoms with Gasteiger partial charge in [0, 0.05) is 11.4 Å². The number of piperidine rings is 1. The largest absolute Gasteiger partial charge is 0.378 e. The first kappa shape index (κ1) is 19.2. The number of anilines is 1. The van der Waals surface area contributed by atoms with Crippen molar-refractivity contribution in [1.29, 1.82) is 0 Å². The number of aromatic nitrogens is 5. The van der Waals surface area contributed by atoms with Gasteiger partial charge < -0.3 is 5.73 Å². The fourth-order valence-corrected chi connectivity index (χ4v) is 3.87. The Balaban J connectivity index is 1.63. The van der Waals surface area contributed by atoms with Gasteiger partial charge in [0.1, 0.15) is 5.69 Å². The minimum atomic E-state index is -0.458.